The van der Waals surface area contributed by atoms with E-state index in [-0.39, 0.29) is 43.6 Å². The minimum absolute atomic E-state index is 0. The van der Waals surface area contributed by atoms with Crippen LogP contribution in [0.1, 0.15) is 12.8 Å². The van der Waals surface area contributed by atoms with E-state index in [0.29, 0.717) is 6.54 Å². The number of nitrogens with zero attached hydrogens (tertiary/aromatic N) is 1. The highest BCUT2D eigenvalue weighted by atomic mass is 35.5. The van der Waals surface area contributed by atoms with Gasteiger partial charge in [0, 0.05) is 6.54 Å². The molecule has 0 saturated carbocycles. The monoisotopic (exact) mass is 288 g/mol. The largest absolute Gasteiger partial charge is 0.394 e. The number of rotatable bonds is 3. The predicted octanol–water partition coefficient (Wildman–Crippen LogP) is -0.626. The maximum atomic E-state index is 10.0. The second-order valence-electron chi connectivity index (χ2n) is 4.36. The number of likely N-dealkylation sites (tertiary alicyclic amines) is 1. The van der Waals surface area contributed by atoms with E-state index in [1.807, 2.05) is 0 Å². The molecule has 0 bridgehead atoms. The van der Waals surface area contributed by atoms with Gasteiger partial charge in [0.15, 0.2) is 0 Å². The zero-order valence-electron chi connectivity index (χ0n) is 9.70. The van der Waals surface area contributed by atoms with Crippen molar-refractivity contribution in [2.24, 2.45) is 5.73 Å². The van der Waals surface area contributed by atoms with Crippen molar-refractivity contribution in [2.45, 2.75) is 37.2 Å². The second kappa shape index (κ2) is 7.74. The summed E-state index contributed by atoms with van der Waals surface area (Å²) in [6, 6.07) is -0.0327. The summed E-state index contributed by atoms with van der Waals surface area (Å²) in [7, 11) is 0. The molecular weight excluding hydrogens is 267 g/mol. The first kappa shape index (κ1) is 17.4. The molecule has 0 aliphatic carbocycles. The number of hydrogen-bond acceptors (Lipinski definition) is 5. The highest BCUT2D eigenvalue weighted by Crippen LogP contribution is 2.27. The molecule has 2 fully saturated rings. The van der Waals surface area contributed by atoms with Crippen molar-refractivity contribution >= 4 is 24.8 Å². The van der Waals surface area contributed by atoms with Crippen molar-refractivity contribution in [3.05, 3.63) is 0 Å². The zero-order valence-corrected chi connectivity index (χ0v) is 11.3. The Balaban J connectivity index is 0.00000128. The van der Waals surface area contributed by atoms with E-state index in [2.05, 4.69) is 4.90 Å². The lowest BCUT2D eigenvalue weighted by molar-refractivity contribution is -0.0193. The Kier molecular flexibility index (Phi) is 7.91. The molecule has 0 unspecified atom stereocenters. The van der Waals surface area contributed by atoms with Crippen LogP contribution in [0.5, 0.6) is 0 Å². The third-order valence-electron chi connectivity index (χ3n) is 3.44. The fourth-order valence-electron chi connectivity index (χ4n) is 2.66. The molecule has 104 valence electrons. The van der Waals surface area contributed by atoms with Gasteiger partial charge in [-0.2, -0.15) is 0 Å². The fraction of sp³-hybridized carbons (Fsp3) is 1.00. The molecule has 5 nitrogen and oxygen atoms in total. The Morgan fingerprint density at radius 1 is 1.18 bits per heavy atom. The molecule has 0 amide bonds. The van der Waals surface area contributed by atoms with Gasteiger partial charge in [0.2, 0.25) is 0 Å². The van der Waals surface area contributed by atoms with Gasteiger partial charge in [-0.15, -0.1) is 24.8 Å². The topological polar surface area (TPSA) is 79.0 Å². The Labute approximate surface area is 114 Å². The summed E-state index contributed by atoms with van der Waals surface area (Å²) < 4.78 is 5.53. The molecule has 0 aromatic rings. The molecule has 2 heterocycles. The average molecular weight is 289 g/mol. The second-order valence-corrected chi connectivity index (χ2v) is 4.36. The average Bonchev–Trinajstić information content (AvgIpc) is 2.84. The number of aliphatic hydroxyl groups is 2. The molecule has 2 rings (SSSR count). The van der Waals surface area contributed by atoms with Crippen molar-refractivity contribution in [3.8, 4) is 0 Å². The molecule has 2 aliphatic heterocycles. The standard InChI is InChI=1S/C10H20N2O3.2ClH/c11-5-7-9(12-3-1-2-4-12)10(14)8(6-13)15-7;;/h7-10,13-14H,1-6,11H2;2*1H/t7-,8+,9+,10-;;/m1../s1. The highest BCUT2D eigenvalue weighted by Gasteiger charge is 2.45. The molecule has 0 aromatic carbocycles. The minimum atomic E-state index is -0.610. The van der Waals surface area contributed by atoms with E-state index in [1.54, 1.807) is 0 Å². The number of halogens is 2. The van der Waals surface area contributed by atoms with Crippen LogP contribution in [-0.2, 0) is 4.74 Å². The summed E-state index contributed by atoms with van der Waals surface area (Å²) >= 11 is 0. The van der Waals surface area contributed by atoms with Gasteiger partial charge < -0.3 is 20.7 Å². The van der Waals surface area contributed by atoms with E-state index < -0.39 is 12.2 Å². The van der Waals surface area contributed by atoms with Crippen molar-refractivity contribution in [1.82, 2.24) is 4.90 Å². The Morgan fingerprint density at radius 3 is 2.24 bits per heavy atom. The molecule has 17 heavy (non-hydrogen) atoms. The van der Waals surface area contributed by atoms with Gasteiger partial charge in [-0.1, -0.05) is 0 Å². The van der Waals surface area contributed by atoms with Gasteiger partial charge in [-0.05, 0) is 25.9 Å². The van der Waals surface area contributed by atoms with Gasteiger partial charge in [0.1, 0.15) is 12.2 Å². The molecule has 4 N–H and O–H groups in total. The van der Waals surface area contributed by atoms with Gasteiger partial charge >= 0.3 is 0 Å². The molecular formula is C10H22Cl2N2O3. The first-order valence-corrected chi connectivity index (χ1v) is 5.66. The predicted molar refractivity (Wildman–Crippen MR) is 69.9 cm³/mol. The lowest BCUT2D eigenvalue weighted by Gasteiger charge is -2.29. The molecule has 4 atom stereocenters. The van der Waals surface area contributed by atoms with Crippen molar-refractivity contribution in [3.63, 3.8) is 0 Å². The third kappa shape index (κ3) is 3.44. The maximum absolute atomic E-state index is 10.0. The maximum Gasteiger partial charge on any atom is 0.109 e. The Morgan fingerprint density at radius 2 is 1.76 bits per heavy atom. The van der Waals surface area contributed by atoms with Crippen molar-refractivity contribution < 1.29 is 14.9 Å². The molecule has 0 spiro atoms. The number of nitrogens with two attached hydrogens (primary N) is 1. The number of ether oxygens (including phenoxy) is 1. The summed E-state index contributed by atoms with van der Waals surface area (Å²) in [5, 5.41) is 19.1. The molecule has 7 heteroatoms. The van der Waals surface area contributed by atoms with Gasteiger partial charge in [0.25, 0.3) is 0 Å². The quantitative estimate of drug-likeness (QED) is 0.645. The summed E-state index contributed by atoms with van der Waals surface area (Å²) in [5.74, 6) is 0. The van der Waals surface area contributed by atoms with Crippen molar-refractivity contribution in [1.29, 1.82) is 0 Å². The fourth-order valence-corrected chi connectivity index (χ4v) is 2.66. The van der Waals surface area contributed by atoms with Crippen molar-refractivity contribution in [2.75, 3.05) is 26.2 Å². The van der Waals surface area contributed by atoms with Gasteiger partial charge in [-0.25, -0.2) is 0 Å². The summed E-state index contributed by atoms with van der Waals surface area (Å²) in [5.41, 5.74) is 5.63. The summed E-state index contributed by atoms with van der Waals surface area (Å²) in [6.45, 7) is 2.26. The van der Waals surface area contributed by atoms with Crippen LogP contribution in [0.15, 0.2) is 0 Å². The van der Waals surface area contributed by atoms with E-state index in [9.17, 15) is 5.11 Å². The van der Waals surface area contributed by atoms with Crippen LogP contribution in [0.25, 0.3) is 0 Å². The lowest BCUT2D eigenvalue weighted by Crippen LogP contribution is -2.48. The van der Waals surface area contributed by atoms with E-state index in [4.69, 9.17) is 15.6 Å². The van der Waals surface area contributed by atoms with Crippen LogP contribution in [0.4, 0.5) is 0 Å². The minimum Gasteiger partial charge on any atom is -0.394 e. The van der Waals surface area contributed by atoms with Crippen LogP contribution < -0.4 is 5.73 Å². The van der Waals surface area contributed by atoms with Crippen LogP contribution in [-0.4, -0.2) is 65.7 Å². The van der Waals surface area contributed by atoms with Crippen LogP contribution in [0.3, 0.4) is 0 Å². The van der Waals surface area contributed by atoms with Gasteiger partial charge in [-0.3, -0.25) is 4.90 Å². The first-order valence-electron chi connectivity index (χ1n) is 5.66. The number of hydrogen-bond donors (Lipinski definition) is 3. The molecule has 0 radical (unpaired) electrons. The molecule has 2 aliphatic rings. The van der Waals surface area contributed by atoms with Crippen LogP contribution in [0.2, 0.25) is 0 Å². The summed E-state index contributed by atoms with van der Waals surface area (Å²) in [6.07, 6.45) is 1.12. The van der Waals surface area contributed by atoms with E-state index in [1.165, 1.54) is 12.8 Å². The summed E-state index contributed by atoms with van der Waals surface area (Å²) in [4.78, 5) is 2.23. The lowest BCUT2D eigenvalue weighted by atomic mass is 10.0. The smallest absolute Gasteiger partial charge is 0.109 e. The third-order valence-corrected chi connectivity index (χ3v) is 3.44. The van der Waals surface area contributed by atoms with Gasteiger partial charge in [0.05, 0.1) is 18.8 Å². The highest BCUT2D eigenvalue weighted by molar-refractivity contribution is 5.85. The SMILES string of the molecule is Cl.Cl.NC[C@H]1O[C@@H](CO)[C@@H](O)[C@H]1N1CCCC1. The van der Waals surface area contributed by atoms with E-state index >= 15 is 0 Å². The Hall–Kier alpha value is 0.380. The first-order chi connectivity index (χ1) is 7.27. The normalized spacial score (nSPS) is 37.6. The number of aliphatic hydroxyl groups excluding tert-OH is 2. The molecule has 0 aromatic heterocycles. The Bertz CT molecular complexity index is 216. The zero-order chi connectivity index (χ0) is 10.8. The van der Waals surface area contributed by atoms with Crippen LogP contribution in [0, 0.1) is 0 Å². The van der Waals surface area contributed by atoms with E-state index in [0.717, 1.165) is 13.1 Å². The molecule has 2 saturated heterocycles. The van der Waals surface area contributed by atoms with Crippen LogP contribution >= 0.6 is 24.8 Å².